The van der Waals surface area contributed by atoms with Gasteiger partial charge in [-0.05, 0) is 25.0 Å². The Hall–Kier alpha value is -4.35. The van der Waals surface area contributed by atoms with E-state index in [9.17, 15) is 48.7 Å². The van der Waals surface area contributed by atoms with Crippen LogP contribution >= 0.6 is 23.2 Å². The first kappa shape index (κ1) is 31.6. The average Bonchev–Trinajstić information content (AvgIpc) is 2.94. The minimum Gasteiger partial charge on any atom is -0.534 e. The van der Waals surface area contributed by atoms with Crippen LogP contribution in [0.5, 0.6) is 17.2 Å². The number of hydrogen-bond donors (Lipinski definition) is 6. The van der Waals surface area contributed by atoms with Crippen molar-refractivity contribution in [3.8, 4) is 17.2 Å². The molecule has 1 saturated heterocycles. The number of imide groups is 1. The number of amides is 5. The zero-order valence-electron chi connectivity index (χ0n) is 21.9. The Kier molecular flexibility index (Phi) is 8.89. The van der Waals surface area contributed by atoms with Crippen LogP contribution in [0.3, 0.4) is 0 Å². The Morgan fingerprint density at radius 1 is 1.16 bits per heavy atom. The molecule has 0 aliphatic carbocycles. The summed E-state index contributed by atoms with van der Waals surface area (Å²) < 4.78 is 34.6. The summed E-state index contributed by atoms with van der Waals surface area (Å²) in [5, 5.41) is 42.6. The summed E-state index contributed by atoms with van der Waals surface area (Å²) in [6, 6.07) is -2.07. The summed E-state index contributed by atoms with van der Waals surface area (Å²) in [6.45, 7) is 1.47. The molecule has 2 heterocycles. The number of likely N-dealkylation sites (N-methyl/N-ethyl adjacent to an activating group) is 1. The number of benzene rings is 2. The number of piperazine rings is 1. The highest BCUT2D eigenvalue weighted by Crippen LogP contribution is 2.41. The van der Waals surface area contributed by atoms with Crippen molar-refractivity contribution in [2.75, 3.05) is 19.6 Å². The number of halogens is 4. The first-order chi connectivity index (χ1) is 20.2. The maximum absolute atomic E-state index is 15.1. The molecule has 0 radical (unpaired) electrons. The average molecular weight is 645 g/mol. The van der Waals surface area contributed by atoms with Gasteiger partial charge in [-0.1, -0.05) is 23.2 Å². The van der Waals surface area contributed by atoms with Crippen LogP contribution in [0.15, 0.2) is 12.1 Å². The molecule has 0 bridgehead atoms. The van der Waals surface area contributed by atoms with Crippen LogP contribution in [-0.2, 0) is 20.8 Å². The fourth-order valence-electron chi connectivity index (χ4n) is 4.58. The van der Waals surface area contributed by atoms with E-state index in [-0.39, 0.29) is 25.2 Å². The normalized spacial score (nSPS) is 17.3. The van der Waals surface area contributed by atoms with E-state index < -0.39 is 105 Å². The molecular weight excluding hydrogens is 624 g/mol. The lowest BCUT2D eigenvalue weighted by Gasteiger charge is -2.33. The molecule has 2 aromatic rings. The number of phenols is 2. The molecule has 43 heavy (non-hydrogen) atoms. The van der Waals surface area contributed by atoms with Gasteiger partial charge >= 0.3 is 30.9 Å². The number of urea groups is 1. The van der Waals surface area contributed by atoms with E-state index in [1.165, 1.54) is 4.90 Å². The van der Waals surface area contributed by atoms with Gasteiger partial charge in [-0.15, -0.1) is 0 Å². The Balaban J connectivity index is 1.67. The van der Waals surface area contributed by atoms with Crippen molar-refractivity contribution in [1.29, 1.82) is 0 Å². The summed E-state index contributed by atoms with van der Waals surface area (Å²) in [5.74, 6) is -12.0. The standard InChI is InChI=1S/C24H21BCl2F2N4O10/c1-2-32-3-4-33(22(38)21(32)37)24(41)31-17(13-10(28)7-11(34)18(35)15(13)27)20(36)30-12-6-8-5-9(26)16(29)14(23(39)40)19(8)43-25(12)42/h5,7,12,17,34-35,42H,2-4,6H2,1H3,(H,30,36)(H,31,41)(H,39,40)/t12-,17?/m0/s1. The van der Waals surface area contributed by atoms with Crippen LogP contribution in [0.25, 0.3) is 0 Å². The molecule has 1 fully saturated rings. The number of carbonyl (C=O) groups excluding carboxylic acids is 4. The second-order valence-electron chi connectivity index (χ2n) is 9.35. The second kappa shape index (κ2) is 12.1. The molecule has 4 rings (SSSR count). The van der Waals surface area contributed by atoms with E-state index in [1.807, 2.05) is 0 Å². The number of rotatable bonds is 6. The largest absolute Gasteiger partial charge is 0.547 e. The number of phenolic OH excluding ortho intramolecular Hbond substituents is 2. The predicted molar refractivity (Wildman–Crippen MR) is 143 cm³/mol. The first-order valence-electron chi connectivity index (χ1n) is 12.4. The monoisotopic (exact) mass is 644 g/mol. The third-order valence-electron chi connectivity index (χ3n) is 6.78. The quantitative estimate of drug-likeness (QED) is 0.149. The van der Waals surface area contributed by atoms with E-state index >= 15 is 4.39 Å². The molecule has 5 amide bonds. The van der Waals surface area contributed by atoms with Gasteiger partial charge in [0, 0.05) is 31.3 Å². The minimum absolute atomic E-state index is 0.0348. The zero-order valence-corrected chi connectivity index (χ0v) is 23.4. The first-order valence-corrected chi connectivity index (χ1v) is 13.1. The highest BCUT2D eigenvalue weighted by Gasteiger charge is 2.43. The molecule has 2 atom stereocenters. The summed E-state index contributed by atoms with van der Waals surface area (Å²) in [6.07, 6.45) is -0.397. The van der Waals surface area contributed by atoms with Gasteiger partial charge < -0.3 is 40.5 Å². The Labute approximate surface area is 250 Å². The van der Waals surface area contributed by atoms with E-state index in [4.69, 9.17) is 27.9 Å². The van der Waals surface area contributed by atoms with Gasteiger partial charge in [-0.3, -0.25) is 19.3 Å². The number of carbonyl (C=O) groups is 5. The lowest BCUT2D eigenvalue weighted by Crippen LogP contribution is -2.60. The number of nitrogens with zero attached hydrogens (tertiary/aromatic N) is 2. The summed E-state index contributed by atoms with van der Waals surface area (Å²) in [7, 11) is -2.00. The third kappa shape index (κ3) is 5.82. The maximum atomic E-state index is 15.1. The van der Waals surface area contributed by atoms with Crippen LogP contribution in [0.2, 0.25) is 10.0 Å². The van der Waals surface area contributed by atoms with Crippen LogP contribution in [-0.4, -0.2) is 92.6 Å². The number of hydrogen-bond acceptors (Lipinski definition) is 9. The van der Waals surface area contributed by atoms with Crippen molar-refractivity contribution in [2.45, 2.75) is 25.3 Å². The van der Waals surface area contributed by atoms with Gasteiger partial charge in [-0.25, -0.2) is 18.4 Å². The highest BCUT2D eigenvalue weighted by atomic mass is 35.5. The van der Waals surface area contributed by atoms with Crippen molar-refractivity contribution in [2.24, 2.45) is 0 Å². The number of carboxylic acids is 1. The Bertz CT molecular complexity index is 1560. The maximum Gasteiger partial charge on any atom is 0.547 e. The van der Waals surface area contributed by atoms with E-state index in [0.717, 1.165) is 6.07 Å². The van der Waals surface area contributed by atoms with E-state index in [2.05, 4.69) is 10.6 Å². The minimum atomic E-state index is -2.15. The van der Waals surface area contributed by atoms with Crippen molar-refractivity contribution in [3.63, 3.8) is 0 Å². The van der Waals surface area contributed by atoms with Crippen molar-refractivity contribution in [3.05, 3.63) is 50.5 Å². The third-order valence-corrected chi connectivity index (χ3v) is 7.43. The Morgan fingerprint density at radius 2 is 1.84 bits per heavy atom. The van der Waals surface area contributed by atoms with Crippen LogP contribution < -0.4 is 15.3 Å². The molecule has 228 valence electrons. The molecule has 0 spiro atoms. The van der Waals surface area contributed by atoms with E-state index in [0.29, 0.717) is 11.0 Å². The van der Waals surface area contributed by atoms with Gasteiger partial charge in [0.1, 0.15) is 23.2 Å². The molecule has 0 aromatic heterocycles. The van der Waals surface area contributed by atoms with Gasteiger partial charge in [-0.2, -0.15) is 0 Å². The number of aromatic hydroxyl groups is 2. The number of aromatic carboxylic acids is 1. The van der Waals surface area contributed by atoms with Gasteiger partial charge in [0.25, 0.3) is 0 Å². The molecule has 1 unspecified atom stereocenters. The molecule has 6 N–H and O–H groups in total. The number of fused-ring (bicyclic) bond motifs is 1. The predicted octanol–water partition coefficient (Wildman–Crippen LogP) is 0.962. The van der Waals surface area contributed by atoms with Crippen LogP contribution in [0, 0.1) is 11.6 Å². The molecule has 19 heteroatoms. The SMILES string of the molecule is CCN1CCN(C(=O)NC(C(=O)N[C@H]2Cc3cc(Cl)c(F)c(C(=O)O)c3OB2O)c2c(F)cc(O)c(O)c2Cl)C(=O)C1=O. The number of carboxylic acid groups (broad SMARTS) is 1. The van der Waals surface area contributed by atoms with E-state index in [1.54, 1.807) is 6.92 Å². The summed E-state index contributed by atoms with van der Waals surface area (Å²) in [5.41, 5.74) is -1.87. The van der Waals surface area contributed by atoms with Gasteiger partial charge in [0.2, 0.25) is 5.91 Å². The topological polar surface area (TPSA) is 206 Å². The van der Waals surface area contributed by atoms with Gasteiger partial charge in [0.15, 0.2) is 17.3 Å². The van der Waals surface area contributed by atoms with Crippen LogP contribution in [0.1, 0.15) is 34.5 Å². The van der Waals surface area contributed by atoms with Crippen molar-refractivity contribution >= 4 is 60.0 Å². The fourth-order valence-corrected chi connectivity index (χ4v) is 5.11. The van der Waals surface area contributed by atoms with Crippen molar-refractivity contribution < 1.29 is 57.8 Å². The lowest BCUT2D eigenvalue weighted by molar-refractivity contribution is -0.153. The lowest BCUT2D eigenvalue weighted by atomic mass is 9.72. The van der Waals surface area contributed by atoms with Gasteiger partial charge in [0.05, 0.1) is 16.0 Å². The fraction of sp³-hybridized carbons (Fsp3) is 0.292. The second-order valence-corrected chi connectivity index (χ2v) is 10.1. The molecule has 2 aliphatic heterocycles. The smallest absolute Gasteiger partial charge is 0.534 e. The zero-order chi connectivity index (χ0) is 31.9. The number of nitrogens with one attached hydrogen (secondary N) is 2. The molecule has 0 saturated carbocycles. The van der Waals surface area contributed by atoms with Crippen molar-refractivity contribution in [1.82, 2.24) is 20.4 Å². The molecule has 2 aliphatic rings. The summed E-state index contributed by atoms with van der Waals surface area (Å²) in [4.78, 5) is 64.6. The molecule has 14 nitrogen and oxygen atoms in total. The molecule has 2 aromatic carbocycles. The highest BCUT2D eigenvalue weighted by molar-refractivity contribution is 6.47. The molecular formula is C24H21BCl2F2N4O10. The Morgan fingerprint density at radius 3 is 2.47 bits per heavy atom. The summed E-state index contributed by atoms with van der Waals surface area (Å²) >= 11 is 11.8. The van der Waals surface area contributed by atoms with Crippen LogP contribution in [0.4, 0.5) is 13.6 Å².